The van der Waals surface area contributed by atoms with Gasteiger partial charge in [0, 0.05) is 12.6 Å². The lowest BCUT2D eigenvalue weighted by Gasteiger charge is -2.21. The molecule has 0 aliphatic heterocycles. The Morgan fingerprint density at radius 3 is 2.67 bits per heavy atom. The van der Waals surface area contributed by atoms with E-state index in [1.54, 1.807) is 0 Å². The third kappa shape index (κ3) is 4.63. The van der Waals surface area contributed by atoms with Gasteiger partial charge >= 0.3 is 0 Å². The van der Waals surface area contributed by atoms with Crippen molar-refractivity contribution in [3.8, 4) is 6.07 Å². The lowest BCUT2D eigenvalue weighted by atomic mass is 10.2. The molecule has 1 atom stereocenters. The molecule has 3 nitrogen and oxygen atoms in total. The summed E-state index contributed by atoms with van der Waals surface area (Å²) >= 11 is 0. The molecule has 0 aromatic heterocycles. The number of rotatable bonds is 8. The van der Waals surface area contributed by atoms with Crippen molar-refractivity contribution in [2.75, 3.05) is 19.6 Å². The summed E-state index contributed by atoms with van der Waals surface area (Å²) in [6, 6.07) is 3.20. The van der Waals surface area contributed by atoms with Gasteiger partial charge in [-0.2, -0.15) is 5.26 Å². The molecule has 1 saturated carbocycles. The van der Waals surface area contributed by atoms with Crippen molar-refractivity contribution in [2.45, 2.75) is 51.6 Å². The Bertz CT molecular complexity index is 205. The van der Waals surface area contributed by atoms with E-state index in [0.717, 1.165) is 38.5 Å². The van der Waals surface area contributed by atoms with Crippen molar-refractivity contribution in [3.63, 3.8) is 0 Å². The SMILES string of the molecule is CCCNC(C#N)CCN(CC)C1CC1. The number of nitrogens with zero attached hydrogens (tertiary/aromatic N) is 2. The van der Waals surface area contributed by atoms with E-state index in [4.69, 9.17) is 5.26 Å². The molecule has 0 heterocycles. The lowest BCUT2D eigenvalue weighted by molar-refractivity contribution is 0.266. The third-order valence-electron chi connectivity index (χ3n) is 2.97. The van der Waals surface area contributed by atoms with Gasteiger partial charge in [-0.25, -0.2) is 0 Å². The van der Waals surface area contributed by atoms with Gasteiger partial charge in [-0.05, 0) is 38.8 Å². The Kier molecular flexibility index (Phi) is 5.67. The van der Waals surface area contributed by atoms with Gasteiger partial charge in [0.2, 0.25) is 0 Å². The zero-order valence-electron chi connectivity index (χ0n) is 10.00. The van der Waals surface area contributed by atoms with E-state index < -0.39 is 0 Å². The summed E-state index contributed by atoms with van der Waals surface area (Å²) in [4.78, 5) is 2.50. The van der Waals surface area contributed by atoms with Gasteiger partial charge in [0.05, 0.1) is 12.1 Å². The molecule has 1 aliphatic carbocycles. The molecule has 1 rings (SSSR count). The van der Waals surface area contributed by atoms with Gasteiger partial charge in [-0.3, -0.25) is 0 Å². The lowest BCUT2D eigenvalue weighted by Crippen LogP contribution is -2.34. The first kappa shape index (κ1) is 12.5. The molecule has 1 N–H and O–H groups in total. The fraction of sp³-hybridized carbons (Fsp3) is 0.917. The maximum absolute atomic E-state index is 8.96. The van der Waals surface area contributed by atoms with E-state index in [-0.39, 0.29) is 6.04 Å². The third-order valence-corrected chi connectivity index (χ3v) is 2.97. The van der Waals surface area contributed by atoms with Crippen molar-refractivity contribution in [1.29, 1.82) is 5.26 Å². The van der Waals surface area contributed by atoms with Crippen LogP contribution in [-0.4, -0.2) is 36.6 Å². The second kappa shape index (κ2) is 6.81. The first-order valence-electron chi connectivity index (χ1n) is 6.18. The van der Waals surface area contributed by atoms with Crippen LogP contribution in [0.3, 0.4) is 0 Å². The molecule has 1 unspecified atom stereocenters. The van der Waals surface area contributed by atoms with Gasteiger partial charge in [0.15, 0.2) is 0 Å². The molecule has 0 spiro atoms. The summed E-state index contributed by atoms with van der Waals surface area (Å²) in [7, 11) is 0. The number of hydrogen-bond acceptors (Lipinski definition) is 3. The van der Waals surface area contributed by atoms with Crippen molar-refractivity contribution in [2.24, 2.45) is 0 Å². The Hall–Kier alpha value is -0.590. The molecule has 0 bridgehead atoms. The zero-order chi connectivity index (χ0) is 11.1. The highest BCUT2D eigenvalue weighted by Gasteiger charge is 2.27. The summed E-state index contributed by atoms with van der Waals surface area (Å²) in [5, 5.41) is 12.2. The molecule has 15 heavy (non-hydrogen) atoms. The van der Waals surface area contributed by atoms with Crippen LogP contribution in [0.25, 0.3) is 0 Å². The van der Waals surface area contributed by atoms with Gasteiger partial charge < -0.3 is 10.2 Å². The molecule has 0 aromatic rings. The smallest absolute Gasteiger partial charge is 0.0965 e. The average Bonchev–Trinajstić information content (AvgIpc) is 3.07. The highest BCUT2D eigenvalue weighted by Crippen LogP contribution is 2.26. The molecule has 86 valence electrons. The van der Waals surface area contributed by atoms with E-state index in [2.05, 4.69) is 30.1 Å². The van der Waals surface area contributed by atoms with Crippen LogP contribution in [0.5, 0.6) is 0 Å². The summed E-state index contributed by atoms with van der Waals surface area (Å²) in [5.74, 6) is 0. The fourth-order valence-electron chi connectivity index (χ4n) is 1.86. The monoisotopic (exact) mass is 209 g/mol. The number of hydrogen-bond donors (Lipinski definition) is 1. The molecule has 1 aliphatic rings. The molecular weight excluding hydrogens is 186 g/mol. The normalized spacial score (nSPS) is 17.7. The van der Waals surface area contributed by atoms with Crippen molar-refractivity contribution in [3.05, 3.63) is 0 Å². The maximum atomic E-state index is 8.96. The summed E-state index contributed by atoms with van der Waals surface area (Å²) in [6.45, 7) is 7.48. The molecule has 1 fully saturated rings. The first-order chi connectivity index (χ1) is 7.31. The van der Waals surface area contributed by atoms with E-state index in [1.165, 1.54) is 12.8 Å². The van der Waals surface area contributed by atoms with E-state index >= 15 is 0 Å². The number of nitrogens with one attached hydrogen (secondary N) is 1. The van der Waals surface area contributed by atoms with Crippen molar-refractivity contribution >= 4 is 0 Å². The molecular formula is C12H23N3. The van der Waals surface area contributed by atoms with Crippen LogP contribution in [-0.2, 0) is 0 Å². The zero-order valence-corrected chi connectivity index (χ0v) is 10.00. The Morgan fingerprint density at radius 1 is 1.47 bits per heavy atom. The van der Waals surface area contributed by atoms with Crippen LogP contribution in [0.1, 0.15) is 39.5 Å². The number of nitriles is 1. The minimum atomic E-state index is 0.0396. The maximum Gasteiger partial charge on any atom is 0.0965 e. The Labute approximate surface area is 93.5 Å². The molecule has 3 heteroatoms. The molecule has 0 aromatic carbocycles. The van der Waals surface area contributed by atoms with E-state index in [1.807, 2.05) is 0 Å². The van der Waals surface area contributed by atoms with Crippen LogP contribution in [0.2, 0.25) is 0 Å². The molecule has 0 radical (unpaired) electrons. The second-order valence-electron chi connectivity index (χ2n) is 4.28. The van der Waals surface area contributed by atoms with E-state index in [9.17, 15) is 0 Å². The Morgan fingerprint density at radius 2 is 2.20 bits per heavy atom. The highest BCUT2D eigenvalue weighted by molar-refractivity contribution is 4.91. The van der Waals surface area contributed by atoms with Crippen molar-refractivity contribution in [1.82, 2.24) is 10.2 Å². The van der Waals surface area contributed by atoms with Crippen LogP contribution >= 0.6 is 0 Å². The predicted molar refractivity (Wildman–Crippen MR) is 62.6 cm³/mol. The first-order valence-corrected chi connectivity index (χ1v) is 6.18. The van der Waals surface area contributed by atoms with Gasteiger partial charge in [0.1, 0.15) is 0 Å². The van der Waals surface area contributed by atoms with Crippen LogP contribution in [0, 0.1) is 11.3 Å². The highest BCUT2D eigenvalue weighted by atomic mass is 15.2. The summed E-state index contributed by atoms with van der Waals surface area (Å²) < 4.78 is 0. The molecule has 0 saturated heterocycles. The van der Waals surface area contributed by atoms with Crippen molar-refractivity contribution < 1.29 is 0 Å². The van der Waals surface area contributed by atoms with Gasteiger partial charge in [0.25, 0.3) is 0 Å². The topological polar surface area (TPSA) is 39.1 Å². The minimum Gasteiger partial charge on any atom is -0.302 e. The summed E-state index contributed by atoms with van der Waals surface area (Å²) in [6.07, 6.45) is 4.76. The van der Waals surface area contributed by atoms with Gasteiger partial charge in [-0.15, -0.1) is 0 Å². The van der Waals surface area contributed by atoms with Crippen LogP contribution in [0.4, 0.5) is 0 Å². The predicted octanol–water partition coefficient (Wildman–Crippen LogP) is 1.75. The second-order valence-corrected chi connectivity index (χ2v) is 4.28. The minimum absolute atomic E-state index is 0.0396. The largest absolute Gasteiger partial charge is 0.302 e. The average molecular weight is 209 g/mol. The van der Waals surface area contributed by atoms with E-state index in [0.29, 0.717) is 0 Å². The fourth-order valence-corrected chi connectivity index (χ4v) is 1.86. The quantitative estimate of drug-likeness (QED) is 0.662. The summed E-state index contributed by atoms with van der Waals surface area (Å²) in [5.41, 5.74) is 0. The molecule has 0 amide bonds. The van der Waals surface area contributed by atoms with Crippen LogP contribution < -0.4 is 5.32 Å². The van der Waals surface area contributed by atoms with Crippen LogP contribution in [0.15, 0.2) is 0 Å². The standard InChI is InChI=1S/C12H23N3/c1-3-8-14-11(10-13)7-9-15(4-2)12-5-6-12/h11-12,14H,3-9H2,1-2H3. The Balaban J connectivity index is 2.17. The van der Waals surface area contributed by atoms with Gasteiger partial charge in [-0.1, -0.05) is 13.8 Å².